The minimum Gasteiger partial charge on any atom is -0.493 e. The van der Waals surface area contributed by atoms with E-state index in [4.69, 9.17) is 14.6 Å². The summed E-state index contributed by atoms with van der Waals surface area (Å²) in [6.07, 6.45) is 2.32. The first kappa shape index (κ1) is 15.2. The summed E-state index contributed by atoms with van der Waals surface area (Å²) in [4.78, 5) is 22.6. The summed E-state index contributed by atoms with van der Waals surface area (Å²) in [5, 5.41) is 11.8. The molecule has 0 saturated heterocycles. The van der Waals surface area contributed by atoms with Gasteiger partial charge in [-0.1, -0.05) is 0 Å². The summed E-state index contributed by atoms with van der Waals surface area (Å²) in [5.74, 6) is -0.0254. The molecule has 114 valence electrons. The van der Waals surface area contributed by atoms with Crippen molar-refractivity contribution in [3.63, 3.8) is 0 Å². The van der Waals surface area contributed by atoms with Gasteiger partial charge in [-0.15, -0.1) is 0 Å². The Bertz CT molecular complexity index is 539. The Morgan fingerprint density at radius 2 is 2.10 bits per heavy atom. The zero-order valence-corrected chi connectivity index (χ0v) is 12.1. The molecular weight excluding hydrogens is 274 g/mol. The zero-order valence-electron chi connectivity index (χ0n) is 12.1. The first-order chi connectivity index (χ1) is 10.0. The van der Waals surface area contributed by atoms with E-state index >= 15 is 0 Å². The fourth-order valence-corrected chi connectivity index (χ4v) is 2.07. The number of benzene rings is 1. The number of ether oxygens (including phenoxy) is 2. The molecule has 2 rings (SSSR count). The lowest BCUT2D eigenvalue weighted by Gasteiger charge is -2.14. The second-order valence-electron chi connectivity index (χ2n) is 5.15. The summed E-state index contributed by atoms with van der Waals surface area (Å²) in [5.41, 5.74) is 0.103. The molecule has 21 heavy (non-hydrogen) atoms. The number of carbonyl (C=O) groups excluding carboxylic acids is 1. The van der Waals surface area contributed by atoms with Gasteiger partial charge in [-0.3, -0.25) is 4.79 Å². The van der Waals surface area contributed by atoms with E-state index in [0.717, 1.165) is 12.8 Å². The fraction of sp³-hybridized carbons (Fsp3) is 0.467. The molecule has 0 aliphatic heterocycles. The van der Waals surface area contributed by atoms with Gasteiger partial charge in [0.25, 0.3) is 5.91 Å². The van der Waals surface area contributed by atoms with Crippen LogP contribution in [0, 0.1) is 5.92 Å². The van der Waals surface area contributed by atoms with E-state index in [9.17, 15) is 9.59 Å². The smallest absolute Gasteiger partial charge is 0.335 e. The van der Waals surface area contributed by atoms with Gasteiger partial charge in [0.15, 0.2) is 18.1 Å². The number of carboxylic acids is 1. The van der Waals surface area contributed by atoms with Crippen molar-refractivity contribution in [1.29, 1.82) is 0 Å². The highest BCUT2D eigenvalue weighted by Gasteiger charge is 2.28. The standard InChI is InChI=1S/C15H19NO5/c1-9(10-3-4-10)16-14(17)8-21-12-6-5-11(15(18)19)7-13(12)20-2/h5-7,9-10H,3-4,8H2,1-2H3,(H,16,17)(H,18,19). The van der Waals surface area contributed by atoms with E-state index in [0.29, 0.717) is 11.7 Å². The number of hydrogen-bond acceptors (Lipinski definition) is 4. The van der Waals surface area contributed by atoms with Crippen molar-refractivity contribution in [3.8, 4) is 11.5 Å². The van der Waals surface area contributed by atoms with Crippen LogP contribution in [0.25, 0.3) is 0 Å². The van der Waals surface area contributed by atoms with E-state index in [1.165, 1.54) is 25.3 Å². The van der Waals surface area contributed by atoms with Gasteiger partial charge < -0.3 is 19.9 Å². The third kappa shape index (κ3) is 4.11. The fourth-order valence-electron chi connectivity index (χ4n) is 2.07. The molecular formula is C15H19NO5. The third-order valence-corrected chi connectivity index (χ3v) is 3.49. The van der Waals surface area contributed by atoms with E-state index in [1.807, 2.05) is 6.92 Å². The summed E-state index contributed by atoms with van der Waals surface area (Å²) >= 11 is 0. The number of methoxy groups -OCH3 is 1. The number of rotatable bonds is 7. The SMILES string of the molecule is COc1cc(C(=O)O)ccc1OCC(=O)NC(C)C1CC1. The van der Waals surface area contributed by atoms with Crippen LogP contribution >= 0.6 is 0 Å². The van der Waals surface area contributed by atoms with E-state index in [-0.39, 0.29) is 29.9 Å². The summed E-state index contributed by atoms with van der Waals surface area (Å²) < 4.78 is 10.5. The van der Waals surface area contributed by atoms with Crippen molar-refractivity contribution in [2.75, 3.05) is 13.7 Å². The molecule has 0 heterocycles. The molecule has 1 fully saturated rings. The minimum atomic E-state index is -1.05. The summed E-state index contributed by atoms with van der Waals surface area (Å²) in [6.45, 7) is 1.86. The quantitative estimate of drug-likeness (QED) is 0.799. The number of hydrogen-bond donors (Lipinski definition) is 2. The monoisotopic (exact) mass is 293 g/mol. The highest BCUT2D eigenvalue weighted by molar-refractivity contribution is 5.88. The molecule has 0 radical (unpaired) electrons. The lowest BCUT2D eigenvalue weighted by atomic mass is 10.2. The number of nitrogens with one attached hydrogen (secondary N) is 1. The van der Waals surface area contributed by atoms with Crippen LogP contribution in [0.2, 0.25) is 0 Å². The molecule has 6 nitrogen and oxygen atoms in total. The summed E-state index contributed by atoms with van der Waals surface area (Å²) in [6, 6.07) is 4.42. The Kier molecular flexibility index (Phi) is 4.67. The predicted octanol–water partition coefficient (Wildman–Crippen LogP) is 1.69. The largest absolute Gasteiger partial charge is 0.493 e. The minimum absolute atomic E-state index is 0.103. The Morgan fingerprint density at radius 3 is 2.67 bits per heavy atom. The maximum atomic E-state index is 11.8. The van der Waals surface area contributed by atoms with Crippen molar-refractivity contribution < 1.29 is 24.2 Å². The number of carbonyl (C=O) groups is 2. The van der Waals surface area contributed by atoms with Gasteiger partial charge in [0.2, 0.25) is 0 Å². The molecule has 1 aliphatic rings. The Labute approximate surface area is 123 Å². The normalized spacial score (nSPS) is 15.1. The highest BCUT2D eigenvalue weighted by atomic mass is 16.5. The molecule has 0 aromatic heterocycles. The van der Waals surface area contributed by atoms with Crippen molar-refractivity contribution in [1.82, 2.24) is 5.32 Å². The average Bonchev–Trinajstić information content (AvgIpc) is 3.29. The maximum absolute atomic E-state index is 11.8. The van der Waals surface area contributed by atoms with Gasteiger partial charge >= 0.3 is 5.97 Å². The van der Waals surface area contributed by atoms with Crippen LogP contribution in [-0.2, 0) is 4.79 Å². The first-order valence-corrected chi connectivity index (χ1v) is 6.84. The molecule has 0 spiro atoms. The Hall–Kier alpha value is -2.24. The van der Waals surface area contributed by atoms with Crippen LogP contribution in [0.15, 0.2) is 18.2 Å². The Balaban J connectivity index is 1.92. The lowest BCUT2D eigenvalue weighted by molar-refractivity contribution is -0.123. The highest BCUT2D eigenvalue weighted by Crippen LogP contribution is 2.32. The predicted molar refractivity (Wildman–Crippen MR) is 75.8 cm³/mol. The second-order valence-corrected chi connectivity index (χ2v) is 5.15. The molecule has 1 unspecified atom stereocenters. The lowest BCUT2D eigenvalue weighted by Crippen LogP contribution is -2.37. The van der Waals surface area contributed by atoms with E-state index in [2.05, 4.69) is 5.32 Å². The van der Waals surface area contributed by atoms with Crippen LogP contribution in [0.1, 0.15) is 30.1 Å². The zero-order chi connectivity index (χ0) is 15.4. The molecule has 6 heteroatoms. The van der Waals surface area contributed by atoms with Gasteiger partial charge in [-0.2, -0.15) is 0 Å². The number of amides is 1. The van der Waals surface area contributed by atoms with Crippen LogP contribution in [-0.4, -0.2) is 36.7 Å². The molecule has 1 aromatic rings. The van der Waals surface area contributed by atoms with Gasteiger partial charge in [-0.05, 0) is 43.9 Å². The Morgan fingerprint density at radius 1 is 1.38 bits per heavy atom. The van der Waals surface area contributed by atoms with Crippen LogP contribution in [0.5, 0.6) is 11.5 Å². The van der Waals surface area contributed by atoms with Gasteiger partial charge in [0, 0.05) is 6.04 Å². The molecule has 1 atom stereocenters. The van der Waals surface area contributed by atoms with Crippen LogP contribution in [0.3, 0.4) is 0 Å². The molecule has 0 bridgehead atoms. The van der Waals surface area contributed by atoms with Crippen molar-refractivity contribution in [2.45, 2.75) is 25.8 Å². The molecule has 1 aliphatic carbocycles. The van der Waals surface area contributed by atoms with Crippen molar-refractivity contribution in [2.24, 2.45) is 5.92 Å². The third-order valence-electron chi connectivity index (χ3n) is 3.49. The molecule has 2 N–H and O–H groups in total. The van der Waals surface area contributed by atoms with E-state index < -0.39 is 5.97 Å². The van der Waals surface area contributed by atoms with Crippen molar-refractivity contribution in [3.05, 3.63) is 23.8 Å². The van der Waals surface area contributed by atoms with Crippen LogP contribution < -0.4 is 14.8 Å². The average molecular weight is 293 g/mol. The van der Waals surface area contributed by atoms with E-state index in [1.54, 1.807) is 0 Å². The maximum Gasteiger partial charge on any atom is 0.335 e. The van der Waals surface area contributed by atoms with Crippen LogP contribution in [0.4, 0.5) is 0 Å². The number of carboxylic acid groups (broad SMARTS) is 1. The second kappa shape index (κ2) is 6.47. The number of aromatic carboxylic acids is 1. The van der Waals surface area contributed by atoms with Gasteiger partial charge in [0.05, 0.1) is 12.7 Å². The topological polar surface area (TPSA) is 84.9 Å². The molecule has 1 aromatic carbocycles. The van der Waals surface area contributed by atoms with Gasteiger partial charge in [0.1, 0.15) is 0 Å². The molecule has 1 saturated carbocycles. The molecule has 1 amide bonds. The first-order valence-electron chi connectivity index (χ1n) is 6.84. The van der Waals surface area contributed by atoms with Crippen molar-refractivity contribution >= 4 is 11.9 Å². The van der Waals surface area contributed by atoms with Gasteiger partial charge in [-0.25, -0.2) is 4.79 Å². The summed E-state index contributed by atoms with van der Waals surface area (Å²) in [7, 11) is 1.42.